The molecule has 1 aromatic carbocycles. The number of hydrogen-bond acceptors (Lipinski definition) is 4. The molecular weight excluding hydrogens is 368 g/mol. The summed E-state index contributed by atoms with van der Waals surface area (Å²) in [6.07, 6.45) is 6.10. The lowest BCUT2D eigenvalue weighted by Crippen LogP contribution is -2.12. The van der Waals surface area contributed by atoms with Crippen LogP contribution < -0.4 is 0 Å². The van der Waals surface area contributed by atoms with Gasteiger partial charge in [-0.15, -0.1) is 0 Å². The standard InChI is InChI=1S/C20H11F2N3O3/c21-15-4-3-12(20(27)28)17(22)16(15)18(26)14-9-25-19-13(14)6-11(8-24-19)10-2-1-5-23-7-10/h1-9H,(H,24,25)(H,27,28). The summed E-state index contributed by atoms with van der Waals surface area (Å²) in [5.41, 5.74) is 0.0438. The van der Waals surface area contributed by atoms with Gasteiger partial charge in [0.25, 0.3) is 0 Å². The zero-order valence-electron chi connectivity index (χ0n) is 14.1. The molecule has 28 heavy (non-hydrogen) atoms. The number of aromatic carboxylic acids is 1. The van der Waals surface area contributed by atoms with Crippen LogP contribution in [0.25, 0.3) is 22.2 Å². The number of carboxylic acid groups (broad SMARTS) is 1. The van der Waals surface area contributed by atoms with Gasteiger partial charge in [-0.05, 0) is 24.3 Å². The molecule has 138 valence electrons. The molecule has 8 heteroatoms. The number of fused-ring (bicyclic) bond motifs is 1. The van der Waals surface area contributed by atoms with Crippen LogP contribution in [0, 0.1) is 11.6 Å². The van der Waals surface area contributed by atoms with E-state index in [1.165, 1.54) is 6.20 Å². The lowest BCUT2D eigenvalue weighted by Gasteiger charge is -2.07. The molecule has 3 aromatic heterocycles. The van der Waals surface area contributed by atoms with E-state index in [0.29, 0.717) is 16.6 Å². The van der Waals surface area contributed by atoms with Gasteiger partial charge in [-0.2, -0.15) is 0 Å². The second kappa shape index (κ2) is 6.66. The molecule has 4 rings (SSSR count). The summed E-state index contributed by atoms with van der Waals surface area (Å²) in [7, 11) is 0. The van der Waals surface area contributed by atoms with Gasteiger partial charge in [-0.25, -0.2) is 18.6 Å². The molecule has 6 nitrogen and oxygen atoms in total. The third kappa shape index (κ3) is 2.81. The third-order valence-corrected chi connectivity index (χ3v) is 4.32. The lowest BCUT2D eigenvalue weighted by molar-refractivity contribution is 0.0691. The van der Waals surface area contributed by atoms with E-state index < -0.39 is 34.5 Å². The van der Waals surface area contributed by atoms with E-state index >= 15 is 0 Å². The molecule has 0 saturated heterocycles. The zero-order valence-corrected chi connectivity index (χ0v) is 14.1. The number of hydrogen-bond donors (Lipinski definition) is 2. The topological polar surface area (TPSA) is 95.9 Å². The SMILES string of the molecule is O=C(O)c1ccc(F)c(C(=O)c2c[nH]c3ncc(-c4cccnc4)cc23)c1F. The van der Waals surface area contributed by atoms with Crippen molar-refractivity contribution in [1.82, 2.24) is 15.0 Å². The first-order valence-corrected chi connectivity index (χ1v) is 8.11. The van der Waals surface area contributed by atoms with Crippen molar-refractivity contribution >= 4 is 22.8 Å². The molecule has 4 aromatic rings. The molecule has 0 aliphatic rings. The highest BCUT2D eigenvalue weighted by Gasteiger charge is 2.26. The van der Waals surface area contributed by atoms with Crippen LogP contribution in [0.2, 0.25) is 0 Å². The minimum Gasteiger partial charge on any atom is -0.478 e. The van der Waals surface area contributed by atoms with Gasteiger partial charge in [-0.3, -0.25) is 9.78 Å². The summed E-state index contributed by atoms with van der Waals surface area (Å²) in [5, 5.41) is 9.38. The Kier molecular flexibility index (Phi) is 4.15. The van der Waals surface area contributed by atoms with Crippen molar-refractivity contribution in [2.75, 3.05) is 0 Å². The smallest absolute Gasteiger partial charge is 0.338 e. The number of nitrogens with zero attached hydrogens (tertiary/aromatic N) is 2. The fraction of sp³-hybridized carbons (Fsp3) is 0. The molecule has 0 fully saturated rings. The van der Waals surface area contributed by atoms with Gasteiger partial charge in [0.2, 0.25) is 5.78 Å². The number of H-pyrrole nitrogens is 1. The number of halogens is 2. The summed E-state index contributed by atoms with van der Waals surface area (Å²) in [5.74, 6) is -5.12. The monoisotopic (exact) mass is 379 g/mol. The number of carboxylic acids is 1. The quantitative estimate of drug-likeness (QED) is 0.526. The Bertz CT molecular complexity index is 1240. The summed E-state index contributed by atoms with van der Waals surface area (Å²) in [4.78, 5) is 35.0. The highest BCUT2D eigenvalue weighted by Crippen LogP contribution is 2.27. The highest BCUT2D eigenvalue weighted by molar-refractivity contribution is 6.17. The van der Waals surface area contributed by atoms with E-state index in [1.54, 1.807) is 36.8 Å². The Morgan fingerprint density at radius 1 is 1.04 bits per heavy atom. The normalized spacial score (nSPS) is 10.9. The summed E-state index contributed by atoms with van der Waals surface area (Å²) >= 11 is 0. The number of carbonyl (C=O) groups excluding carboxylic acids is 1. The van der Waals surface area contributed by atoms with E-state index in [9.17, 15) is 18.4 Å². The molecule has 0 spiro atoms. The lowest BCUT2D eigenvalue weighted by atomic mass is 9.99. The van der Waals surface area contributed by atoms with Gasteiger partial charge < -0.3 is 10.1 Å². The molecule has 0 aliphatic heterocycles. The predicted molar refractivity (Wildman–Crippen MR) is 96.1 cm³/mol. The Hall–Kier alpha value is -3.94. The molecule has 3 heterocycles. The first kappa shape index (κ1) is 17.5. The Morgan fingerprint density at radius 3 is 2.57 bits per heavy atom. The van der Waals surface area contributed by atoms with Crippen LogP contribution >= 0.6 is 0 Å². The van der Waals surface area contributed by atoms with Crippen LogP contribution in [0.4, 0.5) is 8.78 Å². The average molecular weight is 379 g/mol. The van der Waals surface area contributed by atoms with E-state index in [0.717, 1.165) is 17.7 Å². The van der Waals surface area contributed by atoms with Gasteiger partial charge >= 0.3 is 5.97 Å². The Balaban J connectivity index is 1.87. The van der Waals surface area contributed by atoms with Crippen molar-refractivity contribution in [2.24, 2.45) is 0 Å². The van der Waals surface area contributed by atoms with E-state index in [2.05, 4.69) is 15.0 Å². The van der Waals surface area contributed by atoms with Gasteiger partial charge in [0.1, 0.15) is 11.5 Å². The Morgan fingerprint density at radius 2 is 1.86 bits per heavy atom. The van der Waals surface area contributed by atoms with Gasteiger partial charge in [0.15, 0.2) is 5.82 Å². The molecule has 2 N–H and O–H groups in total. The van der Waals surface area contributed by atoms with Crippen LogP contribution in [0.5, 0.6) is 0 Å². The Labute approximate surface area is 156 Å². The molecule has 0 unspecified atom stereocenters. The maximum absolute atomic E-state index is 14.5. The third-order valence-electron chi connectivity index (χ3n) is 4.32. The van der Waals surface area contributed by atoms with E-state index in [4.69, 9.17) is 5.11 Å². The largest absolute Gasteiger partial charge is 0.478 e. The fourth-order valence-corrected chi connectivity index (χ4v) is 2.94. The minimum atomic E-state index is -1.59. The maximum Gasteiger partial charge on any atom is 0.338 e. The molecular formula is C20H11F2N3O3. The van der Waals surface area contributed by atoms with Crippen molar-refractivity contribution < 1.29 is 23.5 Å². The molecule has 0 aliphatic carbocycles. The van der Waals surface area contributed by atoms with Crippen molar-refractivity contribution in [3.05, 3.63) is 83.4 Å². The van der Waals surface area contributed by atoms with E-state index in [-0.39, 0.29) is 5.56 Å². The van der Waals surface area contributed by atoms with Crippen molar-refractivity contribution in [3.63, 3.8) is 0 Å². The number of rotatable bonds is 4. The number of carbonyl (C=O) groups is 2. The first-order valence-electron chi connectivity index (χ1n) is 8.11. The van der Waals surface area contributed by atoms with Crippen LogP contribution in [0.1, 0.15) is 26.3 Å². The maximum atomic E-state index is 14.5. The second-order valence-corrected chi connectivity index (χ2v) is 5.98. The molecule has 0 bridgehead atoms. The fourth-order valence-electron chi connectivity index (χ4n) is 2.94. The number of pyridine rings is 2. The van der Waals surface area contributed by atoms with Crippen molar-refractivity contribution in [3.8, 4) is 11.1 Å². The van der Waals surface area contributed by atoms with Gasteiger partial charge in [0, 0.05) is 46.9 Å². The number of aromatic nitrogens is 3. The zero-order chi connectivity index (χ0) is 19.8. The highest BCUT2D eigenvalue weighted by atomic mass is 19.1. The van der Waals surface area contributed by atoms with Crippen LogP contribution in [0.3, 0.4) is 0 Å². The molecule has 0 radical (unpaired) electrons. The first-order chi connectivity index (χ1) is 13.5. The number of nitrogens with one attached hydrogen (secondary N) is 1. The summed E-state index contributed by atoms with van der Waals surface area (Å²) in [6.45, 7) is 0. The summed E-state index contributed by atoms with van der Waals surface area (Å²) in [6, 6.07) is 6.74. The number of benzene rings is 1. The number of aromatic amines is 1. The van der Waals surface area contributed by atoms with Crippen LogP contribution in [0.15, 0.2) is 55.1 Å². The molecule has 0 amide bonds. The average Bonchev–Trinajstić information content (AvgIpc) is 3.11. The van der Waals surface area contributed by atoms with Crippen molar-refractivity contribution in [2.45, 2.75) is 0 Å². The predicted octanol–water partition coefficient (Wildman–Crippen LogP) is 3.83. The summed E-state index contributed by atoms with van der Waals surface area (Å²) < 4.78 is 28.7. The van der Waals surface area contributed by atoms with E-state index in [1.807, 2.05) is 0 Å². The van der Waals surface area contributed by atoms with Crippen molar-refractivity contribution in [1.29, 1.82) is 0 Å². The number of ketones is 1. The second-order valence-electron chi connectivity index (χ2n) is 5.98. The molecule has 0 saturated carbocycles. The minimum absolute atomic E-state index is 0.0198. The van der Waals surface area contributed by atoms with Crippen LogP contribution in [-0.2, 0) is 0 Å². The van der Waals surface area contributed by atoms with Gasteiger partial charge in [0.05, 0.1) is 11.1 Å². The van der Waals surface area contributed by atoms with Gasteiger partial charge in [-0.1, -0.05) is 6.07 Å². The molecule has 0 atom stereocenters. The van der Waals surface area contributed by atoms with Crippen LogP contribution in [-0.4, -0.2) is 31.8 Å².